The van der Waals surface area contributed by atoms with Gasteiger partial charge in [-0.3, -0.25) is 0 Å². The fourth-order valence-electron chi connectivity index (χ4n) is 3.30. The summed E-state index contributed by atoms with van der Waals surface area (Å²) in [5.74, 6) is -3.54. The van der Waals surface area contributed by atoms with Crippen molar-refractivity contribution in [2.75, 3.05) is 0 Å². The average Bonchev–Trinajstić information content (AvgIpc) is 3.25. The molecular formula is C19H16INO7. The Morgan fingerprint density at radius 2 is 1.86 bits per heavy atom. The Hall–Kier alpha value is -2.56. The largest absolute Gasteiger partial charge is 0.475 e. The highest BCUT2D eigenvalue weighted by molar-refractivity contribution is 14.2. The van der Waals surface area contributed by atoms with Crippen molar-refractivity contribution in [3.8, 4) is 11.3 Å². The lowest BCUT2D eigenvalue weighted by Crippen LogP contribution is -2.48. The van der Waals surface area contributed by atoms with Crippen LogP contribution in [0.15, 0.2) is 28.7 Å². The first-order valence-corrected chi connectivity index (χ1v) is 10.8. The van der Waals surface area contributed by atoms with Gasteiger partial charge in [-0.15, -0.1) is 0 Å². The number of benzene rings is 1. The third-order valence-corrected chi connectivity index (χ3v) is 7.23. The zero-order valence-corrected chi connectivity index (χ0v) is 17.0. The van der Waals surface area contributed by atoms with Gasteiger partial charge in [-0.2, -0.15) is 0 Å². The van der Waals surface area contributed by atoms with Crippen molar-refractivity contribution < 1.29 is 33.4 Å². The van der Waals surface area contributed by atoms with Crippen molar-refractivity contribution in [1.29, 1.82) is 0 Å². The highest BCUT2D eigenvalue weighted by Crippen LogP contribution is 2.38. The first-order valence-electron chi connectivity index (χ1n) is 8.66. The lowest BCUT2D eigenvalue weighted by atomic mass is 10.1. The number of nitrogens with zero attached hydrogens (tertiary/aromatic N) is 1. The summed E-state index contributed by atoms with van der Waals surface area (Å²) in [6, 6.07) is 6.91. The van der Waals surface area contributed by atoms with Crippen LogP contribution in [0.25, 0.3) is 11.3 Å². The molecule has 0 atom stereocenters. The van der Waals surface area contributed by atoms with Crippen LogP contribution in [0, 0.1) is 10.5 Å². The summed E-state index contributed by atoms with van der Waals surface area (Å²) in [5.41, 5.74) is 0.747. The topological polar surface area (TPSA) is 116 Å². The Labute approximate surface area is 169 Å². The number of carbonyl (C=O) groups is 3. The zero-order valence-electron chi connectivity index (χ0n) is 14.9. The molecule has 1 aliphatic carbocycles. The fourth-order valence-corrected chi connectivity index (χ4v) is 5.46. The first-order chi connectivity index (χ1) is 13.4. The van der Waals surface area contributed by atoms with Crippen LogP contribution in [-0.2, 0) is 19.1 Å². The average molecular weight is 497 g/mol. The van der Waals surface area contributed by atoms with Crippen LogP contribution in [0.5, 0.6) is 0 Å². The predicted octanol–water partition coefficient (Wildman–Crippen LogP) is 3.03. The maximum absolute atomic E-state index is 12.4. The third-order valence-electron chi connectivity index (χ3n) is 4.51. The van der Waals surface area contributed by atoms with Crippen LogP contribution < -0.4 is 0 Å². The van der Waals surface area contributed by atoms with E-state index < -0.39 is 44.4 Å². The van der Waals surface area contributed by atoms with E-state index in [4.69, 9.17) is 13.9 Å². The molecule has 1 spiro atoms. The zero-order chi connectivity index (χ0) is 19.9. The highest BCUT2D eigenvalue weighted by atomic mass is 127. The van der Waals surface area contributed by atoms with Gasteiger partial charge in [-0.05, 0) is 25.0 Å². The van der Waals surface area contributed by atoms with Crippen LogP contribution in [0.1, 0.15) is 42.1 Å². The maximum atomic E-state index is 12.4. The normalized spacial score (nSPS) is 18.2. The number of hydrogen-bond acceptors (Lipinski definition) is 7. The molecular weight excluding hydrogens is 481 g/mol. The van der Waals surface area contributed by atoms with Gasteiger partial charge in [-0.25, -0.2) is 19.4 Å². The molecule has 2 fully saturated rings. The molecule has 1 saturated carbocycles. The van der Waals surface area contributed by atoms with Gasteiger partial charge in [0.15, 0.2) is 9.40 Å². The number of aryl methyl sites for hydroxylation is 1. The number of ether oxygens (including phenoxy) is 2. The summed E-state index contributed by atoms with van der Waals surface area (Å²) in [6.07, 6.45) is 2.79. The van der Waals surface area contributed by atoms with E-state index in [-0.39, 0.29) is 20.9 Å². The Morgan fingerprint density at radius 1 is 1.18 bits per heavy atom. The van der Waals surface area contributed by atoms with E-state index in [0.717, 1.165) is 16.4 Å². The van der Waals surface area contributed by atoms with Gasteiger partial charge < -0.3 is 19.0 Å². The molecule has 1 N–H and O–H groups in total. The highest BCUT2D eigenvalue weighted by Gasteiger charge is 2.48. The molecule has 0 radical (unpaired) electrons. The lowest BCUT2D eigenvalue weighted by molar-refractivity contribution is -0.224. The molecule has 2 aromatic rings. The molecule has 1 saturated heterocycles. The van der Waals surface area contributed by atoms with E-state index in [1.54, 1.807) is 31.2 Å². The summed E-state index contributed by atoms with van der Waals surface area (Å²) < 4.78 is 16.8. The number of oxazole rings is 1. The number of carbonyl (C=O) groups excluding carboxylic acids is 2. The number of carboxylic acid groups (broad SMARTS) is 1. The van der Waals surface area contributed by atoms with Crippen molar-refractivity contribution in [3.05, 3.63) is 39.5 Å². The second kappa shape index (κ2) is 7.12. The third kappa shape index (κ3) is 3.46. The Morgan fingerprint density at radius 3 is 2.50 bits per heavy atom. The Balaban J connectivity index is 1.66. The SMILES string of the molecule is Cc1nc(-c2cccc(I=C3C(=O)OC4(CCCC4)OC3=O)c2)c(C(=O)O)o1. The van der Waals surface area contributed by atoms with Gasteiger partial charge in [-0.1, -0.05) is 32.9 Å². The Kier molecular flexibility index (Phi) is 4.77. The van der Waals surface area contributed by atoms with Crippen LogP contribution in [-0.4, -0.2) is 37.3 Å². The number of aromatic carboxylic acids is 1. The van der Waals surface area contributed by atoms with E-state index in [9.17, 15) is 19.5 Å². The van der Waals surface area contributed by atoms with Gasteiger partial charge >= 0.3 is 17.9 Å². The molecule has 9 heteroatoms. The predicted molar refractivity (Wildman–Crippen MR) is 105 cm³/mol. The minimum absolute atomic E-state index is 0.0308. The number of rotatable bonds is 3. The summed E-state index contributed by atoms with van der Waals surface area (Å²) in [5, 5.41) is 9.29. The number of aromatic nitrogens is 1. The minimum Gasteiger partial charge on any atom is -0.475 e. The summed E-state index contributed by atoms with van der Waals surface area (Å²) in [7, 11) is 0. The van der Waals surface area contributed by atoms with Gasteiger partial charge in [0.25, 0.3) is 5.79 Å². The molecule has 2 aliphatic rings. The molecule has 1 aromatic carbocycles. The van der Waals surface area contributed by atoms with Crippen molar-refractivity contribution in [1.82, 2.24) is 4.98 Å². The number of carboxylic acids is 1. The number of hydrogen-bond donors (Lipinski definition) is 1. The lowest BCUT2D eigenvalue weighted by Gasteiger charge is -2.32. The van der Waals surface area contributed by atoms with Gasteiger partial charge in [0.1, 0.15) is 5.69 Å². The van der Waals surface area contributed by atoms with E-state index >= 15 is 0 Å². The van der Waals surface area contributed by atoms with Crippen molar-refractivity contribution in [3.63, 3.8) is 0 Å². The standard InChI is InChI=1S/C19H16INO7/c1-10-21-14(15(26-10)16(22)23)11-5-4-6-12(9-11)20-13-17(24)27-19(28-18(13)25)7-2-3-8-19/h4-6,9H,2-3,7-8H2,1H3,(H,22,23). The molecule has 0 unspecified atom stereocenters. The smallest absolute Gasteiger partial charge is 0.374 e. The fraction of sp³-hybridized carbons (Fsp3) is 0.316. The van der Waals surface area contributed by atoms with Gasteiger partial charge in [0, 0.05) is 28.9 Å². The van der Waals surface area contributed by atoms with Gasteiger partial charge in [0.05, 0.1) is 0 Å². The van der Waals surface area contributed by atoms with Crippen molar-refractivity contribution in [2.45, 2.75) is 38.4 Å². The maximum Gasteiger partial charge on any atom is 0.374 e. The quantitative estimate of drug-likeness (QED) is 0.509. The minimum atomic E-state index is -1.22. The monoisotopic (exact) mass is 497 g/mol. The van der Waals surface area contributed by atoms with E-state index in [1.807, 2.05) is 0 Å². The van der Waals surface area contributed by atoms with Crippen LogP contribution in [0.3, 0.4) is 0 Å². The molecule has 1 aromatic heterocycles. The summed E-state index contributed by atoms with van der Waals surface area (Å²) in [4.78, 5) is 40.4. The van der Waals surface area contributed by atoms with E-state index in [2.05, 4.69) is 4.98 Å². The Bertz CT molecular complexity index is 995. The number of esters is 2. The second-order valence-corrected chi connectivity index (χ2v) is 9.40. The van der Waals surface area contributed by atoms with E-state index in [1.165, 1.54) is 0 Å². The first kappa shape index (κ1) is 18.8. The molecule has 0 bridgehead atoms. The van der Waals surface area contributed by atoms with E-state index in [0.29, 0.717) is 18.4 Å². The van der Waals surface area contributed by atoms with Crippen LogP contribution in [0.2, 0.25) is 0 Å². The molecule has 1 aliphatic heterocycles. The molecule has 146 valence electrons. The summed E-state index contributed by atoms with van der Waals surface area (Å²) in [6.45, 7) is 1.56. The molecule has 4 rings (SSSR count). The summed E-state index contributed by atoms with van der Waals surface area (Å²) >= 11 is -1.17. The van der Waals surface area contributed by atoms with Crippen LogP contribution in [0.4, 0.5) is 0 Å². The molecule has 28 heavy (non-hydrogen) atoms. The van der Waals surface area contributed by atoms with Crippen LogP contribution >= 0.6 is 20.7 Å². The second-order valence-electron chi connectivity index (χ2n) is 6.53. The van der Waals surface area contributed by atoms with Gasteiger partial charge in [0.2, 0.25) is 5.76 Å². The number of halogens is 1. The molecule has 0 amide bonds. The molecule has 8 nitrogen and oxygen atoms in total. The van der Waals surface area contributed by atoms with Crippen molar-refractivity contribution in [2.24, 2.45) is 0 Å². The molecule has 2 heterocycles. The van der Waals surface area contributed by atoms with Crippen molar-refractivity contribution >= 4 is 42.1 Å².